The predicted molar refractivity (Wildman–Crippen MR) is 76.4 cm³/mol. The Morgan fingerprint density at radius 3 is 2.61 bits per heavy atom. The molecule has 90 valence electrons. The lowest BCUT2D eigenvalue weighted by Crippen LogP contribution is -2.09. The predicted octanol–water partition coefficient (Wildman–Crippen LogP) is 3.59. The van der Waals surface area contributed by atoms with Crippen LogP contribution in [0.1, 0.15) is 25.1 Å². The Kier molecular flexibility index (Phi) is 2.27. The molecule has 2 nitrogen and oxygen atoms in total. The summed E-state index contributed by atoms with van der Waals surface area (Å²) in [5.74, 6) is 0. The molecule has 2 heteroatoms. The van der Waals surface area contributed by atoms with Crippen LogP contribution in [-0.2, 0) is 0 Å². The average Bonchev–Trinajstić information content (AvgIpc) is 2.50. The first-order valence-electron chi connectivity index (χ1n) is 6.10. The van der Waals surface area contributed by atoms with Crippen LogP contribution in [0.25, 0.3) is 23.1 Å². The smallest absolute Gasteiger partial charge is 0.197 e. The van der Waals surface area contributed by atoms with Crippen molar-refractivity contribution in [1.82, 2.24) is 4.98 Å². The van der Waals surface area contributed by atoms with Gasteiger partial charge in [-0.15, -0.1) is 0 Å². The maximum Gasteiger partial charge on any atom is 0.197 e. The lowest BCUT2D eigenvalue weighted by molar-refractivity contribution is 0.633. The fourth-order valence-corrected chi connectivity index (χ4v) is 2.22. The summed E-state index contributed by atoms with van der Waals surface area (Å²) >= 11 is 0. The van der Waals surface area contributed by atoms with Gasteiger partial charge in [-0.25, -0.2) is 0 Å². The molecule has 0 spiro atoms. The molecule has 2 aromatic rings. The second-order valence-corrected chi connectivity index (χ2v) is 5.32. The number of allylic oxidation sites excluding steroid dienone is 2. The van der Waals surface area contributed by atoms with Crippen LogP contribution in [0, 0.1) is 5.41 Å². The molecule has 0 amide bonds. The maximum atomic E-state index is 12.4. The summed E-state index contributed by atoms with van der Waals surface area (Å²) in [6.45, 7) is 4.24. The maximum absolute atomic E-state index is 12.4. The van der Waals surface area contributed by atoms with Crippen molar-refractivity contribution in [3.63, 3.8) is 0 Å². The molecule has 0 saturated carbocycles. The van der Waals surface area contributed by atoms with Gasteiger partial charge in [-0.05, 0) is 18.2 Å². The molecule has 1 heterocycles. The van der Waals surface area contributed by atoms with E-state index < -0.39 is 0 Å². The minimum atomic E-state index is -0.0223. The van der Waals surface area contributed by atoms with E-state index in [0.717, 1.165) is 22.2 Å². The number of pyridine rings is 1. The molecule has 0 bridgehead atoms. The zero-order valence-corrected chi connectivity index (χ0v) is 10.5. The minimum Gasteiger partial charge on any atom is -0.354 e. The highest BCUT2D eigenvalue weighted by molar-refractivity contribution is 5.83. The SMILES string of the molecule is CC1(C)C=Cc2[nH]c3ccccc3c(=O)c2C=C1. The van der Waals surface area contributed by atoms with Gasteiger partial charge in [0.1, 0.15) is 0 Å². The molecule has 0 radical (unpaired) electrons. The molecule has 0 atom stereocenters. The van der Waals surface area contributed by atoms with Crippen molar-refractivity contribution >= 4 is 23.1 Å². The molecule has 18 heavy (non-hydrogen) atoms. The molecule has 1 aromatic heterocycles. The summed E-state index contributed by atoms with van der Waals surface area (Å²) in [5.41, 5.74) is 2.60. The van der Waals surface area contributed by atoms with Crippen LogP contribution >= 0.6 is 0 Å². The zero-order valence-electron chi connectivity index (χ0n) is 10.5. The fourth-order valence-electron chi connectivity index (χ4n) is 2.22. The number of nitrogens with one attached hydrogen (secondary N) is 1. The van der Waals surface area contributed by atoms with Gasteiger partial charge in [-0.2, -0.15) is 0 Å². The molecule has 3 rings (SSSR count). The van der Waals surface area contributed by atoms with Crippen molar-refractivity contribution in [2.24, 2.45) is 5.41 Å². The summed E-state index contributed by atoms with van der Waals surface area (Å²) in [6, 6.07) is 7.63. The Bertz CT molecular complexity index is 732. The summed E-state index contributed by atoms with van der Waals surface area (Å²) in [4.78, 5) is 15.8. The first-order valence-corrected chi connectivity index (χ1v) is 6.10. The molecule has 1 aromatic carbocycles. The van der Waals surface area contributed by atoms with Gasteiger partial charge in [0.25, 0.3) is 0 Å². The van der Waals surface area contributed by atoms with Crippen LogP contribution in [0.3, 0.4) is 0 Å². The molecule has 0 fully saturated rings. The Labute approximate surface area is 106 Å². The number of hydrogen-bond acceptors (Lipinski definition) is 1. The van der Waals surface area contributed by atoms with Gasteiger partial charge in [0.15, 0.2) is 5.43 Å². The molecule has 1 aliphatic rings. The fraction of sp³-hybridized carbons (Fsp3) is 0.188. The Hall–Kier alpha value is -2.09. The third kappa shape index (κ3) is 1.70. The number of fused-ring (bicyclic) bond motifs is 2. The van der Waals surface area contributed by atoms with Gasteiger partial charge >= 0.3 is 0 Å². The summed E-state index contributed by atoms with van der Waals surface area (Å²) < 4.78 is 0. The van der Waals surface area contributed by atoms with E-state index in [2.05, 4.69) is 31.0 Å². The van der Waals surface area contributed by atoms with E-state index >= 15 is 0 Å². The van der Waals surface area contributed by atoms with E-state index in [1.165, 1.54) is 0 Å². The van der Waals surface area contributed by atoms with E-state index in [1.54, 1.807) is 0 Å². The number of para-hydroxylation sites is 1. The Morgan fingerprint density at radius 1 is 1.06 bits per heavy atom. The van der Waals surface area contributed by atoms with Gasteiger partial charge in [-0.3, -0.25) is 4.79 Å². The number of benzene rings is 1. The van der Waals surface area contributed by atoms with E-state index in [-0.39, 0.29) is 10.8 Å². The van der Waals surface area contributed by atoms with Crippen molar-refractivity contribution in [2.75, 3.05) is 0 Å². The van der Waals surface area contributed by atoms with Crippen LogP contribution in [-0.4, -0.2) is 4.98 Å². The monoisotopic (exact) mass is 237 g/mol. The normalized spacial score (nSPS) is 16.6. The second kappa shape index (κ2) is 3.70. The van der Waals surface area contributed by atoms with Gasteiger partial charge in [0.2, 0.25) is 0 Å². The summed E-state index contributed by atoms with van der Waals surface area (Å²) in [6.07, 6.45) is 8.11. The number of hydrogen-bond donors (Lipinski definition) is 1. The van der Waals surface area contributed by atoms with Crippen LogP contribution in [0.2, 0.25) is 0 Å². The third-order valence-corrected chi connectivity index (χ3v) is 3.33. The quantitative estimate of drug-likeness (QED) is 0.746. The molecular formula is C16H15NO. The van der Waals surface area contributed by atoms with Gasteiger partial charge in [0.05, 0.1) is 0 Å². The van der Waals surface area contributed by atoms with E-state index in [0.29, 0.717) is 0 Å². The number of rotatable bonds is 0. The van der Waals surface area contributed by atoms with Crippen LogP contribution in [0.15, 0.2) is 41.2 Å². The number of aromatic nitrogens is 1. The minimum absolute atomic E-state index is 0.0223. The number of H-pyrrole nitrogens is 1. The van der Waals surface area contributed by atoms with E-state index in [4.69, 9.17) is 0 Å². The Morgan fingerprint density at radius 2 is 1.78 bits per heavy atom. The lowest BCUT2D eigenvalue weighted by Gasteiger charge is -2.11. The summed E-state index contributed by atoms with van der Waals surface area (Å²) in [5, 5.41) is 0.744. The first kappa shape index (κ1) is 11.0. The standard InChI is InChI=1S/C16H15NO/c1-16(2)9-7-12-14(8-10-16)17-13-6-4-3-5-11(13)15(12)18/h3-10H,1-2H3,(H,17,18). The largest absolute Gasteiger partial charge is 0.354 e. The highest BCUT2D eigenvalue weighted by Gasteiger charge is 2.15. The van der Waals surface area contributed by atoms with Crippen LogP contribution in [0.4, 0.5) is 0 Å². The molecule has 0 aliphatic heterocycles. The van der Waals surface area contributed by atoms with Crippen molar-refractivity contribution in [3.8, 4) is 0 Å². The van der Waals surface area contributed by atoms with Crippen LogP contribution < -0.4 is 5.43 Å². The highest BCUT2D eigenvalue weighted by atomic mass is 16.1. The summed E-state index contributed by atoms with van der Waals surface area (Å²) in [7, 11) is 0. The van der Waals surface area contributed by atoms with Gasteiger partial charge in [-0.1, -0.05) is 44.2 Å². The van der Waals surface area contributed by atoms with Crippen LogP contribution in [0.5, 0.6) is 0 Å². The second-order valence-electron chi connectivity index (χ2n) is 5.32. The van der Waals surface area contributed by atoms with Crippen molar-refractivity contribution < 1.29 is 0 Å². The highest BCUT2D eigenvalue weighted by Crippen LogP contribution is 2.26. The van der Waals surface area contributed by atoms with Crippen molar-refractivity contribution in [3.05, 3.63) is 57.9 Å². The number of aromatic amines is 1. The Balaban J connectivity index is 2.39. The molecule has 1 aliphatic carbocycles. The molecular weight excluding hydrogens is 222 g/mol. The lowest BCUT2D eigenvalue weighted by atomic mass is 9.93. The molecule has 0 saturated heterocycles. The topological polar surface area (TPSA) is 32.9 Å². The first-order chi connectivity index (χ1) is 8.57. The van der Waals surface area contributed by atoms with E-state index in [1.807, 2.05) is 36.4 Å². The average molecular weight is 237 g/mol. The molecule has 1 N–H and O–H groups in total. The van der Waals surface area contributed by atoms with Crippen molar-refractivity contribution in [1.29, 1.82) is 0 Å². The zero-order chi connectivity index (χ0) is 12.8. The van der Waals surface area contributed by atoms with Gasteiger partial charge < -0.3 is 4.98 Å². The van der Waals surface area contributed by atoms with Crippen molar-refractivity contribution in [2.45, 2.75) is 13.8 Å². The van der Waals surface area contributed by atoms with Gasteiger partial charge in [0, 0.05) is 27.6 Å². The third-order valence-electron chi connectivity index (χ3n) is 3.33. The molecule has 0 unspecified atom stereocenters. The van der Waals surface area contributed by atoms with E-state index in [9.17, 15) is 4.79 Å².